The largest absolute Gasteiger partial charge is 0.348 e. The molecule has 0 atom stereocenters. The molecule has 5 nitrogen and oxygen atoms in total. The number of rotatable bonds is 4. The van der Waals surface area contributed by atoms with E-state index in [0.29, 0.717) is 17.8 Å². The average molecular weight is 310 g/mol. The predicted octanol–water partition coefficient (Wildman–Crippen LogP) is 2.84. The van der Waals surface area contributed by atoms with Gasteiger partial charge < -0.3 is 5.32 Å². The van der Waals surface area contributed by atoms with Gasteiger partial charge >= 0.3 is 0 Å². The summed E-state index contributed by atoms with van der Waals surface area (Å²) in [5.41, 5.74) is 4.82. The molecule has 3 heterocycles. The van der Waals surface area contributed by atoms with Gasteiger partial charge in [0, 0.05) is 25.1 Å². The molecule has 6 heteroatoms. The van der Waals surface area contributed by atoms with Gasteiger partial charge in [-0.1, -0.05) is 6.07 Å². The van der Waals surface area contributed by atoms with Gasteiger partial charge in [-0.05, 0) is 30.7 Å². The molecule has 0 saturated heterocycles. The zero-order valence-electron chi connectivity index (χ0n) is 12.0. The highest BCUT2D eigenvalue weighted by Crippen LogP contribution is 2.28. The minimum absolute atomic E-state index is 0.153. The van der Waals surface area contributed by atoms with E-state index in [0.717, 1.165) is 16.1 Å². The molecule has 0 spiro atoms. The predicted molar refractivity (Wildman–Crippen MR) is 85.5 cm³/mol. The number of nitrogens with one attached hydrogen (secondary N) is 1. The van der Waals surface area contributed by atoms with E-state index in [1.54, 1.807) is 36.2 Å². The number of hydrogen-bond donors (Lipinski definition) is 1. The summed E-state index contributed by atoms with van der Waals surface area (Å²) in [6, 6.07) is 7.31. The van der Waals surface area contributed by atoms with Crippen LogP contribution in [-0.2, 0) is 6.54 Å². The number of aromatic nitrogens is 3. The maximum Gasteiger partial charge on any atom is 0.253 e. The molecule has 1 amide bonds. The summed E-state index contributed by atoms with van der Waals surface area (Å²) in [6.07, 6.45) is 5.13. The van der Waals surface area contributed by atoms with Crippen LogP contribution >= 0.6 is 11.3 Å². The second-order valence-electron chi connectivity index (χ2n) is 4.71. The van der Waals surface area contributed by atoms with Crippen LogP contribution in [-0.4, -0.2) is 20.9 Å². The van der Waals surface area contributed by atoms with E-state index in [9.17, 15) is 4.79 Å². The van der Waals surface area contributed by atoms with Gasteiger partial charge in [0.05, 0.1) is 27.3 Å². The molecule has 3 aromatic rings. The third kappa shape index (κ3) is 3.01. The molecule has 0 radical (unpaired) electrons. The fraction of sp³-hybridized carbons (Fsp3) is 0.125. The van der Waals surface area contributed by atoms with Gasteiger partial charge in [-0.15, -0.1) is 11.3 Å². The van der Waals surface area contributed by atoms with Crippen LogP contribution in [0.1, 0.15) is 21.6 Å². The van der Waals surface area contributed by atoms with Gasteiger partial charge in [-0.3, -0.25) is 14.8 Å². The number of pyridine rings is 2. The van der Waals surface area contributed by atoms with Crippen molar-refractivity contribution in [2.24, 2.45) is 0 Å². The number of nitrogens with zero attached hydrogens (tertiary/aromatic N) is 3. The molecular formula is C16H14N4OS. The van der Waals surface area contributed by atoms with Crippen molar-refractivity contribution in [3.8, 4) is 10.6 Å². The summed E-state index contributed by atoms with van der Waals surface area (Å²) in [6.45, 7) is 2.35. The lowest BCUT2D eigenvalue weighted by Crippen LogP contribution is -2.23. The molecule has 0 aliphatic carbocycles. The van der Waals surface area contributed by atoms with Gasteiger partial charge in [0.25, 0.3) is 5.91 Å². The molecule has 0 aromatic carbocycles. The Kier molecular flexibility index (Phi) is 4.20. The number of hydrogen-bond acceptors (Lipinski definition) is 5. The summed E-state index contributed by atoms with van der Waals surface area (Å²) in [4.78, 5) is 26.0. The summed E-state index contributed by atoms with van der Waals surface area (Å²) >= 11 is 1.49. The number of carbonyl (C=O) groups is 1. The summed E-state index contributed by atoms with van der Waals surface area (Å²) < 4.78 is 0. The minimum Gasteiger partial charge on any atom is -0.348 e. The molecule has 110 valence electrons. The molecule has 1 N–H and O–H groups in total. The Morgan fingerprint density at radius 2 is 2.09 bits per heavy atom. The first-order chi connectivity index (χ1) is 10.8. The second kappa shape index (κ2) is 6.44. The van der Waals surface area contributed by atoms with Crippen molar-refractivity contribution in [2.75, 3.05) is 0 Å². The summed E-state index contributed by atoms with van der Waals surface area (Å²) in [5.74, 6) is -0.153. The molecule has 0 aliphatic rings. The van der Waals surface area contributed by atoms with Crippen LogP contribution in [0.4, 0.5) is 0 Å². The highest BCUT2D eigenvalue weighted by atomic mass is 32.1. The van der Waals surface area contributed by atoms with Crippen LogP contribution < -0.4 is 5.32 Å². The molecule has 3 aromatic heterocycles. The lowest BCUT2D eigenvalue weighted by molar-refractivity contribution is 0.0951. The SMILES string of the molecule is Cc1ncsc1-c1ncccc1C(=O)NCc1cccnc1. The second-order valence-corrected chi connectivity index (χ2v) is 5.57. The van der Waals surface area contributed by atoms with Crippen molar-refractivity contribution in [3.05, 3.63) is 65.2 Å². The third-order valence-electron chi connectivity index (χ3n) is 3.19. The van der Waals surface area contributed by atoms with Crippen LogP contribution in [0.25, 0.3) is 10.6 Å². The van der Waals surface area contributed by atoms with E-state index in [4.69, 9.17) is 0 Å². The Hall–Kier alpha value is -2.60. The number of amides is 1. The van der Waals surface area contributed by atoms with Crippen LogP contribution in [0, 0.1) is 6.92 Å². The van der Waals surface area contributed by atoms with Crippen molar-refractivity contribution in [3.63, 3.8) is 0 Å². The highest BCUT2D eigenvalue weighted by Gasteiger charge is 2.16. The van der Waals surface area contributed by atoms with Crippen molar-refractivity contribution >= 4 is 17.2 Å². The fourth-order valence-electron chi connectivity index (χ4n) is 2.08. The molecule has 0 saturated carbocycles. The zero-order valence-corrected chi connectivity index (χ0v) is 12.8. The molecule has 0 aliphatic heterocycles. The zero-order chi connectivity index (χ0) is 15.4. The molecule has 0 unspecified atom stereocenters. The Labute approximate surface area is 132 Å². The van der Waals surface area contributed by atoms with E-state index in [2.05, 4.69) is 20.3 Å². The van der Waals surface area contributed by atoms with Gasteiger partial charge in [-0.2, -0.15) is 0 Å². The first-order valence-corrected chi connectivity index (χ1v) is 7.66. The number of carbonyl (C=O) groups excluding carboxylic acids is 1. The van der Waals surface area contributed by atoms with Crippen molar-refractivity contribution in [2.45, 2.75) is 13.5 Å². The van der Waals surface area contributed by atoms with E-state index >= 15 is 0 Å². The first-order valence-electron chi connectivity index (χ1n) is 6.78. The summed E-state index contributed by atoms with van der Waals surface area (Å²) in [7, 11) is 0. The quantitative estimate of drug-likeness (QED) is 0.804. The lowest BCUT2D eigenvalue weighted by Gasteiger charge is -2.08. The normalized spacial score (nSPS) is 10.4. The van der Waals surface area contributed by atoms with Crippen molar-refractivity contribution in [1.82, 2.24) is 20.3 Å². The van der Waals surface area contributed by atoms with Crippen LogP contribution in [0.15, 0.2) is 48.4 Å². The lowest BCUT2D eigenvalue weighted by atomic mass is 10.1. The first kappa shape index (κ1) is 14.3. The monoisotopic (exact) mass is 310 g/mol. The Morgan fingerprint density at radius 3 is 2.82 bits per heavy atom. The van der Waals surface area contributed by atoms with Crippen molar-refractivity contribution in [1.29, 1.82) is 0 Å². The maximum absolute atomic E-state index is 12.5. The number of thiazole rings is 1. The van der Waals surface area contributed by atoms with E-state index in [-0.39, 0.29) is 5.91 Å². The van der Waals surface area contributed by atoms with Gasteiger partial charge in [0.2, 0.25) is 0 Å². The number of aryl methyl sites for hydroxylation is 1. The molecule has 0 bridgehead atoms. The molecular weight excluding hydrogens is 296 g/mol. The standard InChI is InChI=1S/C16H14N4OS/c1-11-15(22-10-20-11)14-13(5-3-7-18-14)16(21)19-9-12-4-2-6-17-8-12/h2-8,10H,9H2,1H3,(H,19,21). The topological polar surface area (TPSA) is 67.8 Å². The molecule has 0 fully saturated rings. The summed E-state index contributed by atoms with van der Waals surface area (Å²) in [5, 5.41) is 2.90. The Bertz CT molecular complexity index is 786. The highest BCUT2D eigenvalue weighted by molar-refractivity contribution is 7.13. The fourth-order valence-corrected chi connectivity index (χ4v) is 2.89. The van der Waals surface area contributed by atoms with Crippen LogP contribution in [0.5, 0.6) is 0 Å². The average Bonchev–Trinajstić information content (AvgIpc) is 2.99. The molecule has 22 heavy (non-hydrogen) atoms. The Balaban J connectivity index is 1.83. The van der Waals surface area contributed by atoms with Crippen LogP contribution in [0.2, 0.25) is 0 Å². The van der Waals surface area contributed by atoms with E-state index in [1.165, 1.54) is 11.3 Å². The maximum atomic E-state index is 12.5. The smallest absolute Gasteiger partial charge is 0.253 e. The minimum atomic E-state index is -0.153. The molecule has 3 rings (SSSR count). The van der Waals surface area contributed by atoms with E-state index in [1.807, 2.05) is 19.1 Å². The Morgan fingerprint density at radius 1 is 1.23 bits per heavy atom. The van der Waals surface area contributed by atoms with Gasteiger partial charge in [-0.25, -0.2) is 4.98 Å². The third-order valence-corrected chi connectivity index (χ3v) is 4.12. The van der Waals surface area contributed by atoms with Gasteiger partial charge in [0.15, 0.2) is 0 Å². The van der Waals surface area contributed by atoms with Crippen LogP contribution in [0.3, 0.4) is 0 Å². The van der Waals surface area contributed by atoms with Crippen molar-refractivity contribution < 1.29 is 4.79 Å². The van der Waals surface area contributed by atoms with Gasteiger partial charge in [0.1, 0.15) is 0 Å². The van der Waals surface area contributed by atoms with E-state index < -0.39 is 0 Å².